The molecule has 4 saturated heterocycles. The van der Waals surface area contributed by atoms with E-state index in [0.29, 0.717) is 18.4 Å². The van der Waals surface area contributed by atoms with E-state index in [1.165, 1.54) is 0 Å². The van der Waals surface area contributed by atoms with Gasteiger partial charge in [-0.1, -0.05) is 6.92 Å². The number of rotatable bonds is 0. The Morgan fingerprint density at radius 3 is 2.64 bits per heavy atom. The van der Waals surface area contributed by atoms with Crippen LogP contribution in [0.3, 0.4) is 0 Å². The molecule has 8 heteroatoms. The molecule has 28 heavy (non-hydrogen) atoms. The Labute approximate surface area is 161 Å². The number of aliphatic hydroxyl groups is 2. The Balaban J connectivity index is 1.55. The van der Waals surface area contributed by atoms with Crippen LogP contribution in [0.4, 0.5) is 0 Å². The van der Waals surface area contributed by atoms with Crippen molar-refractivity contribution in [3.8, 4) is 0 Å². The Morgan fingerprint density at radius 2 is 1.89 bits per heavy atom. The van der Waals surface area contributed by atoms with Crippen LogP contribution in [0.25, 0.3) is 0 Å². The summed E-state index contributed by atoms with van der Waals surface area (Å²) >= 11 is 0. The number of esters is 2. The lowest BCUT2D eigenvalue weighted by Gasteiger charge is -2.53. The maximum absolute atomic E-state index is 12.7. The monoisotopic (exact) mass is 392 g/mol. The minimum Gasteiger partial charge on any atom is -0.462 e. The highest BCUT2D eigenvalue weighted by Gasteiger charge is 2.76. The van der Waals surface area contributed by atoms with Crippen LogP contribution in [-0.4, -0.2) is 57.6 Å². The van der Waals surface area contributed by atoms with E-state index in [1.807, 2.05) is 0 Å². The van der Waals surface area contributed by atoms with Crippen LogP contribution in [0, 0.1) is 29.6 Å². The summed E-state index contributed by atoms with van der Waals surface area (Å²) in [5.74, 6) is -6.09. The van der Waals surface area contributed by atoms with Crippen molar-refractivity contribution >= 4 is 11.9 Å². The molecule has 11 atom stereocenters. The fourth-order valence-corrected chi connectivity index (χ4v) is 6.90. The van der Waals surface area contributed by atoms with Gasteiger partial charge >= 0.3 is 11.9 Å². The Hall–Kier alpha value is -1.48. The van der Waals surface area contributed by atoms with Crippen LogP contribution < -0.4 is 0 Å². The van der Waals surface area contributed by atoms with Gasteiger partial charge in [0.05, 0.1) is 29.5 Å². The third kappa shape index (κ3) is 1.77. The molecule has 2 N–H and O–H groups in total. The number of carbonyl (C=O) groups excluding carboxylic acids is 2. The lowest BCUT2D eigenvalue weighted by molar-refractivity contribution is -0.390. The molecule has 152 valence electrons. The second-order valence-corrected chi connectivity index (χ2v) is 9.67. The van der Waals surface area contributed by atoms with Gasteiger partial charge in [-0.15, -0.1) is 0 Å². The van der Waals surface area contributed by atoms with Crippen molar-refractivity contribution < 1.29 is 38.7 Å². The Bertz CT molecular complexity index is 834. The van der Waals surface area contributed by atoms with Crippen molar-refractivity contribution in [3.63, 3.8) is 0 Å². The number of hydrogen-bond acceptors (Lipinski definition) is 8. The van der Waals surface area contributed by atoms with Gasteiger partial charge in [-0.25, -0.2) is 0 Å². The summed E-state index contributed by atoms with van der Waals surface area (Å²) in [4.78, 5) is 25.0. The largest absolute Gasteiger partial charge is 0.462 e. The third-order valence-electron chi connectivity index (χ3n) is 8.06. The van der Waals surface area contributed by atoms with E-state index in [0.717, 1.165) is 0 Å². The normalized spacial score (nSPS) is 61.1. The van der Waals surface area contributed by atoms with Gasteiger partial charge in [-0.3, -0.25) is 9.59 Å². The van der Waals surface area contributed by atoms with E-state index >= 15 is 0 Å². The molecule has 6 rings (SSSR count). The Morgan fingerprint density at radius 1 is 1.14 bits per heavy atom. The molecule has 0 amide bonds. The van der Waals surface area contributed by atoms with Crippen molar-refractivity contribution in [1.82, 2.24) is 0 Å². The molecule has 3 bridgehead atoms. The molecule has 0 aromatic carbocycles. The summed E-state index contributed by atoms with van der Waals surface area (Å²) in [6.45, 7) is 5.18. The first kappa shape index (κ1) is 17.4. The number of carbonyl (C=O) groups is 2. The van der Waals surface area contributed by atoms with Gasteiger partial charge in [-0.05, 0) is 31.9 Å². The maximum Gasteiger partial charge on any atom is 0.312 e. The smallest absolute Gasteiger partial charge is 0.312 e. The highest BCUT2D eigenvalue weighted by Crippen LogP contribution is 2.64. The first-order valence-electron chi connectivity index (χ1n) is 10.0. The number of fused-ring (bicyclic) bond motifs is 5. The fraction of sp³-hybridized carbons (Fsp3) is 0.800. The molecular weight excluding hydrogens is 368 g/mol. The van der Waals surface area contributed by atoms with E-state index in [-0.39, 0.29) is 17.8 Å². The topological polar surface area (TPSA) is 112 Å². The molecule has 0 aromatic rings. The zero-order valence-electron chi connectivity index (χ0n) is 16.0. The summed E-state index contributed by atoms with van der Waals surface area (Å²) < 4.78 is 23.8. The molecule has 1 spiro atoms. The number of hydrogen-bond donors (Lipinski definition) is 2. The van der Waals surface area contributed by atoms with Gasteiger partial charge in [0.2, 0.25) is 5.79 Å². The van der Waals surface area contributed by atoms with Crippen LogP contribution in [0.5, 0.6) is 0 Å². The van der Waals surface area contributed by atoms with Crippen molar-refractivity contribution in [2.45, 2.75) is 69.1 Å². The van der Waals surface area contributed by atoms with Crippen LogP contribution >= 0.6 is 0 Å². The van der Waals surface area contributed by atoms with E-state index in [2.05, 4.69) is 0 Å². The predicted octanol–water partition coefficient (Wildman–Crippen LogP) is 0.257. The molecule has 6 aliphatic rings. The first-order valence-corrected chi connectivity index (χ1v) is 10.0. The first-order chi connectivity index (χ1) is 13.1. The zero-order chi connectivity index (χ0) is 19.8. The van der Waals surface area contributed by atoms with Gasteiger partial charge in [0.25, 0.3) is 0 Å². The molecule has 5 aliphatic heterocycles. The van der Waals surface area contributed by atoms with Crippen LogP contribution in [-0.2, 0) is 28.5 Å². The number of ether oxygens (including phenoxy) is 4. The lowest BCUT2D eigenvalue weighted by atomic mass is 9.68. The molecule has 1 saturated carbocycles. The standard InChI is InChI=1S/C20H24O8/c1-7-5-19-14-12-11(6-18(14,3)23)25-17(22)13(12)10(27-19)4-9-8(2)16(21)26-15(9)20(7,24)28-19/h5,8-15,23-24H,4,6H2,1-3H3/t8-,9-,10+,11-,12+,13-,14-,15-,18+,19-,20-/m0/s1. The summed E-state index contributed by atoms with van der Waals surface area (Å²) in [6, 6.07) is 0. The van der Waals surface area contributed by atoms with Crippen LogP contribution in [0.1, 0.15) is 33.6 Å². The highest BCUT2D eigenvalue weighted by molar-refractivity contribution is 5.77. The second-order valence-electron chi connectivity index (χ2n) is 9.67. The van der Waals surface area contributed by atoms with E-state index in [1.54, 1.807) is 26.8 Å². The summed E-state index contributed by atoms with van der Waals surface area (Å²) in [5, 5.41) is 22.7. The fourth-order valence-electron chi connectivity index (χ4n) is 6.90. The van der Waals surface area contributed by atoms with Crippen molar-refractivity contribution in [2.24, 2.45) is 29.6 Å². The molecule has 0 unspecified atom stereocenters. The Kier molecular flexibility index (Phi) is 2.98. The summed E-state index contributed by atoms with van der Waals surface area (Å²) in [5.41, 5.74) is -0.701. The average molecular weight is 392 g/mol. The lowest BCUT2D eigenvalue weighted by Crippen LogP contribution is -2.64. The predicted molar refractivity (Wildman–Crippen MR) is 90.1 cm³/mol. The molecule has 1 aliphatic carbocycles. The van der Waals surface area contributed by atoms with Crippen molar-refractivity contribution in [2.75, 3.05) is 0 Å². The maximum atomic E-state index is 12.7. The molecule has 5 heterocycles. The summed E-state index contributed by atoms with van der Waals surface area (Å²) in [7, 11) is 0. The molecule has 5 fully saturated rings. The molecule has 0 aromatic heterocycles. The van der Waals surface area contributed by atoms with E-state index in [4.69, 9.17) is 18.9 Å². The quantitative estimate of drug-likeness (QED) is 0.446. The van der Waals surface area contributed by atoms with Gasteiger partial charge in [0, 0.05) is 18.3 Å². The molecular formula is C20H24O8. The molecule has 8 nitrogen and oxygen atoms in total. The van der Waals surface area contributed by atoms with E-state index < -0.39 is 59.2 Å². The van der Waals surface area contributed by atoms with Gasteiger partial charge < -0.3 is 29.2 Å². The van der Waals surface area contributed by atoms with Crippen molar-refractivity contribution in [3.05, 3.63) is 11.6 Å². The summed E-state index contributed by atoms with van der Waals surface area (Å²) in [6.07, 6.45) is 0.569. The minimum atomic E-state index is -1.82. The van der Waals surface area contributed by atoms with E-state index in [9.17, 15) is 19.8 Å². The van der Waals surface area contributed by atoms with Crippen LogP contribution in [0.2, 0.25) is 0 Å². The highest BCUT2D eigenvalue weighted by atomic mass is 16.8. The zero-order valence-corrected chi connectivity index (χ0v) is 16.0. The second kappa shape index (κ2) is 4.80. The van der Waals surface area contributed by atoms with Gasteiger partial charge in [0.15, 0.2) is 11.9 Å². The van der Waals surface area contributed by atoms with Gasteiger partial charge in [0.1, 0.15) is 6.10 Å². The van der Waals surface area contributed by atoms with Crippen LogP contribution in [0.15, 0.2) is 11.6 Å². The third-order valence-corrected chi connectivity index (χ3v) is 8.06. The molecule has 0 radical (unpaired) electrons. The SMILES string of the molecule is CC1=C[C@]23O[C@H](C[C@H]4[C@H](C)C(=O)O[C@@H]4[C@@]1(O)O2)[C@@H]1C(=O)O[C@H]2C[C@@](C)(O)[C@@H]3[C@@H]12. The minimum absolute atomic E-state index is 0.266. The average Bonchev–Trinajstić information content (AvgIpc) is 3.21. The van der Waals surface area contributed by atoms with Gasteiger partial charge in [-0.2, -0.15) is 0 Å². The van der Waals surface area contributed by atoms with Crippen molar-refractivity contribution in [1.29, 1.82) is 0 Å².